The minimum absolute atomic E-state index is 0.000686. The molecule has 0 bridgehead atoms. The molecule has 148 valence electrons. The van der Waals surface area contributed by atoms with Crippen LogP contribution in [-0.2, 0) is 5.54 Å². The van der Waals surface area contributed by atoms with Crippen LogP contribution in [0, 0.1) is 5.82 Å². The largest absolute Gasteiger partial charge is 0.387 e. The molecule has 1 aliphatic rings. The Bertz CT molecular complexity index is 936. The number of halogens is 5. The second kappa shape index (κ2) is 7.38. The van der Waals surface area contributed by atoms with Crippen molar-refractivity contribution in [3.8, 4) is 0 Å². The molecule has 0 spiro atoms. The van der Waals surface area contributed by atoms with Crippen LogP contribution < -0.4 is 11.1 Å². The molecule has 0 fully saturated rings. The minimum atomic E-state index is -3.66. The van der Waals surface area contributed by atoms with Gasteiger partial charge in [0.2, 0.25) is 0 Å². The van der Waals surface area contributed by atoms with Gasteiger partial charge in [-0.3, -0.25) is 9.79 Å². The van der Waals surface area contributed by atoms with Crippen molar-refractivity contribution in [2.24, 2.45) is 10.7 Å². The summed E-state index contributed by atoms with van der Waals surface area (Å²) in [6.07, 6.45) is 0.261. The molecule has 2 heterocycles. The van der Waals surface area contributed by atoms with Gasteiger partial charge >= 0.3 is 0 Å². The van der Waals surface area contributed by atoms with Crippen LogP contribution in [0.5, 0.6) is 0 Å². The summed E-state index contributed by atoms with van der Waals surface area (Å²) in [6, 6.07) is 5.74. The Morgan fingerprint density at radius 2 is 2.04 bits per heavy atom. The molecule has 1 atom stereocenters. The Morgan fingerprint density at radius 3 is 2.68 bits per heavy atom. The van der Waals surface area contributed by atoms with Crippen LogP contribution in [-0.4, -0.2) is 29.3 Å². The molecule has 1 aromatic carbocycles. The molecule has 28 heavy (non-hydrogen) atoms. The van der Waals surface area contributed by atoms with Gasteiger partial charge in [0.25, 0.3) is 11.8 Å². The zero-order valence-corrected chi connectivity index (χ0v) is 15.1. The highest BCUT2D eigenvalue weighted by Crippen LogP contribution is 2.48. The van der Waals surface area contributed by atoms with Crippen molar-refractivity contribution >= 4 is 29.0 Å². The summed E-state index contributed by atoms with van der Waals surface area (Å²) >= 11 is 5.71. The first kappa shape index (κ1) is 20.1. The molecule has 1 aromatic heterocycles. The van der Waals surface area contributed by atoms with E-state index in [1.54, 1.807) is 0 Å². The van der Waals surface area contributed by atoms with E-state index in [-0.39, 0.29) is 23.6 Å². The number of hydrogen-bond donors (Lipinski definition) is 2. The maximum atomic E-state index is 14.6. The standard InChI is InChI=1S/C18H15ClF4N4O/c19-10-1-4-14(25-8-10)16(28)26-11-2-3-13(21)12(7-11)17(9-20)18(22,23)6-5-15(24)27-17/h1-4,7-8H,5-6,9H2,(H2,24,27)(H,26,28)/t17-/m1/s1. The lowest BCUT2D eigenvalue weighted by Gasteiger charge is -2.39. The van der Waals surface area contributed by atoms with E-state index in [2.05, 4.69) is 15.3 Å². The lowest BCUT2D eigenvalue weighted by Crippen LogP contribution is -2.51. The summed E-state index contributed by atoms with van der Waals surface area (Å²) in [5.41, 5.74) is 2.03. The van der Waals surface area contributed by atoms with Crippen LogP contribution in [0.15, 0.2) is 41.5 Å². The van der Waals surface area contributed by atoms with Gasteiger partial charge in [-0.15, -0.1) is 0 Å². The van der Waals surface area contributed by atoms with E-state index in [9.17, 15) is 22.4 Å². The van der Waals surface area contributed by atoms with Crippen LogP contribution >= 0.6 is 11.6 Å². The molecule has 1 amide bonds. The fourth-order valence-electron chi connectivity index (χ4n) is 2.96. The lowest BCUT2D eigenvalue weighted by atomic mass is 9.80. The third-order valence-corrected chi connectivity index (χ3v) is 4.68. The number of pyridine rings is 1. The Labute approximate surface area is 162 Å². The van der Waals surface area contributed by atoms with Crippen molar-refractivity contribution in [3.05, 3.63) is 58.6 Å². The van der Waals surface area contributed by atoms with Crippen LogP contribution in [0.2, 0.25) is 5.02 Å². The molecular formula is C18H15ClF4N4O. The molecule has 3 rings (SSSR count). The fraction of sp³-hybridized carbons (Fsp3) is 0.278. The monoisotopic (exact) mass is 414 g/mol. The van der Waals surface area contributed by atoms with Gasteiger partial charge in [-0.25, -0.2) is 22.5 Å². The van der Waals surface area contributed by atoms with Gasteiger partial charge in [-0.1, -0.05) is 11.6 Å². The highest BCUT2D eigenvalue weighted by molar-refractivity contribution is 6.30. The molecule has 10 heteroatoms. The number of carbonyl (C=O) groups is 1. The number of aromatic nitrogens is 1. The van der Waals surface area contributed by atoms with Gasteiger partial charge in [-0.2, -0.15) is 0 Å². The van der Waals surface area contributed by atoms with Crippen LogP contribution in [0.25, 0.3) is 0 Å². The average Bonchev–Trinajstić information content (AvgIpc) is 2.66. The van der Waals surface area contributed by atoms with Gasteiger partial charge < -0.3 is 11.1 Å². The summed E-state index contributed by atoms with van der Waals surface area (Å²) in [6.45, 7) is -1.66. The smallest absolute Gasteiger partial charge is 0.280 e. The Morgan fingerprint density at radius 1 is 1.29 bits per heavy atom. The Balaban J connectivity index is 2.00. The molecule has 1 aliphatic heterocycles. The normalized spacial score (nSPS) is 21.1. The number of nitrogens with two attached hydrogens (primary N) is 1. The van der Waals surface area contributed by atoms with Gasteiger partial charge in [0, 0.05) is 30.3 Å². The van der Waals surface area contributed by atoms with E-state index < -0.39 is 41.8 Å². The SMILES string of the molecule is NC1=N[C@](CF)(c2cc(NC(=O)c3ccc(Cl)cn3)ccc2F)C(F)(F)CC1. The number of aliphatic imine (C=N–C) groups is 1. The van der Waals surface area contributed by atoms with Crippen molar-refractivity contribution in [2.75, 3.05) is 12.0 Å². The fourth-order valence-corrected chi connectivity index (χ4v) is 3.07. The topological polar surface area (TPSA) is 80.4 Å². The maximum Gasteiger partial charge on any atom is 0.280 e. The van der Waals surface area contributed by atoms with E-state index >= 15 is 0 Å². The van der Waals surface area contributed by atoms with E-state index in [0.717, 1.165) is 18.2 Å². The Hall–Kier alpha value is -2.68. The van der Waals surface area contributed by atoms with E-state index in [1.165, 1.54) is 18.3 Å². The Kier molecular flexibility index (Phi) is 5.29. The number of rotatable bonds is 4. The van der Waals surface area contributed by atoms with Crippen molar-refractivity contribution < 1.29 is 22.4 Å². The quantitative estimate of drug-likeness (QED) is 0.740. The number of amidine groups is 1. The average molecular weight is 415 g/mol. The summed E-state index contributed by atoms with van der Waals surface area (Å²) < 4.78 is 57.4. The number of hydrogen-bond acceptors (Lipinski definition) is 4. The first-order valence-electron chi connectivity index (χ1n) is 8.19. The van der Waals surface area contributed by atoms with E-state index in [1.807, 2.05) is 0 Å². The molecule has 0 aliphatic carbocycles. The zero-order valence-electron chi connectivity index (χ0n) is 14.4. The molecule has 3 N–H and O–H groups in total. The number of nitrogens with zero attached hydrogens (tertiary/aromatic N) is 2. The molecular weight excluding hydrogens is 400 g/mol. The molecule has 0 unspecified atom stereocenters. The number of nitrogens with one attached hydrogen (secondary N) is 1. The zero-order chi connectivity index (χ0) is 20.5. The number of alkyl halides is 3. The number of carbonyl (C=O) groups excluding carboxylic acids is 1. The number of benzene rings is 1. The van der Waals surface area contributed by atoms with Crippen molar-refractivity contribution in [2.45, 2.75) is 24.3 Å². The molecule has 0 saturated heterocycles. The summed E-state index contributed by atoms with van der Waals surface area (Å²) in [5.74, 6) is -5.62. The van der Waals surface area contributed by atoms with Crippen molar-refractivity contribution in [3.63, 3.8) is 0 Å². The summed E-state index contributed by atoms with van der Waals surface area (Å²) in [5, 5.41) is 2.73. The van der Waals surface area contributed by atoms with Crippen LogP contribution in [0.1, 0.15) is 28.9 Å². The summed E-state index contributed by atoms with van der Waals surface area (Å²) in [7, 11) is 0. The van der Waals surface area contributed by atoms with Crippen LogP contribution in [0.3, 0.4) is 0 Å². The van der Waals surface area contributed by atoms with Crippen LogP contribution in [0.4, 0.5) is 23.2 Å². The van der Waals surface area contributed by atoms with Gasteiger partial charge in [-0.05, 0) is 30.3 Å². The first-order chi connectivity index (χ1) is 13.2. The van der Waals surface area contributed by atoms with Gasteiger partial charge in [0.15, 0.2) is 5.54 Å². The maximum absolute atomic E-state index is 14.6. The molecule has 0 saturated carbocycles. The van der Waals surface area contributed by atoms with Crippen molar-refractivity contribution in [1.29, 1.82) is 0 Å². The number of anilines is 1. The second-order valence-corrected chi connectivity index (χ2v) is 6.75. The predicted molar refractivity (Wildman–Crippen MR) is 97.1 cm³/mol. The third kappa shape index (κ3) is 3.54. The highest BCUT2D eigenvalue weighted by atomic mass is 35.5. The van der Waals surface area contributed by atoms with Gasteiger partial charge in [0.1, 0.15) is 18.2 Å². The first-order valence-corrected chi connectivity index (χ1v) is 8.57. The highest BCUT2D eigenvalue weighted by Gasteiger charge is 2.58. The lowest BCUT2D eigenvalue weighted by molar-refractivity contribution is -0.0959. The van der Waals surface area contributed by atoms with Crippen molar-refractivity contribution in [1.82, 2.24) is 4.98 Å². The molecule has 0 radical (unpaired) electrons. The minimum Gasteiger partial charge on any atom is -0.387 e. The summed E-state index contributed by atoms with van der Waals surface area (Å²) in [4.78, 5) is 19.7. The molecule has 5 nitrogen and oxygen atoms in total. The third-order valence-electron chi connectivity index (χ3n) is 4.46. The van der Waals surface area contributed by atoms with Gasteiger partial charge in [0.05, 0.1) is 10.9 Å². The van der Waals surface area contributed by atoms with E-state index in [4.69, 9.17) is 17.3 Å². The second-order valence-electron chi connectivity index (χ2n) is 6.31. The molecule has 2 aromatic rings. The number of amides is 1. The van der Waals surface area contributed by atoms with E-state index in [0.29, 0.717) is 5.02 Å². The predicted octanol–water partition coefficient (Wildman–Crippen LogP) is 4.08.